The molecule has 1 fully saturated rings. The summed E-state index contributed by atoms with van der Waals surface area (Å²) in [5, 5.41) is 0.311. The first kappa shape index (κ1) is 11.4. The molecule has 2 N–H and O–H groups in total. The first-order chi connectivity index (χ1) is 7.74. The van der Waals surface area contributed by atoms with Crippen molar-refractivity contribution in [3.8, 4) is 0 Å². The third-order valence-electron chi connectivity index (χ3n) is 2.79. The van der Waals surface area contributed by atoms with E-state index in [-0.39, 0.29) is 0 Å². The van der Waals surface area contributed by atoms with Crippen LogP contribution in [0, 0.1) is 0 Å². The van der Waals surface area contributed by atoms with Gasteiger partial charge in [0.15, 0.2) is 11.0 Å². The molecule has 2 rings (SSSR count). The van der Waals surface area contributed by atoms with Crippen molar-refractivity contribution in [3.63, 3.8) is 0 Å². The van der Waals surface area contributed by atoms with Crippen molar-refractivity contribution >= 4 is 23.1 Å². The number of aromatic nitrogens is 2. The molecule has 0 aromatic carbocycles. The predicted octanol–water partition coefficient (Wildman–Crippen LogP) is 1.33. The number of nitrogens with two attached hydrogens (primary N) is 1. The Bertz CT molecular complexity index is 374. The Morgan fingerprint density at radius 2 is 2.44 bits per heavy atom. The molecular weight excluding hydrogens is 228 g/mol. The Kier molecular flexibility index (Phi) is 3.46. The van der Waals surface area contributed by atoms with Crippen LogP contribution in [0.1, 0.15) is 13.3 Å². The fourth-order valence-corrected chi connectivity index (χ4v) is 1.99. The molecule has 0 bridgehead atoms. The van der Waals surface area contributed by atoms with Gasteiger partial charge in [-0.15, -0.1) is 0 Å². The maximum Gasteiger partial charge on any atom is 0.157 e. The zero-order valence-corrected chi connectivity index (χ0v) is 9.94. The van der Waals surface area contributed by atoms with E-state index in [1.54, 1.807) is 0 Å². The Morgan fingerprint density at radius 1 is 1.62 bits per heavy atom. The Hall–Kier alpha value is -1.07. The van der Waals surface area contributed by atoms with E-state index in [0.29, 0.717) is 30.1 Å². The van der Waals surface area contributed by atoms with Crippen molar-refractivity contribution in [2.45, 2.75) is 19.4 Å². The number of nitrogens with zero attached hydrogens (tertiary/aromatic N) is 3. The van der Waals surface area contributed by atoms with E-state index >= 15 is 0 Å². The van der Waals surface area contributed by atoms with E-state index < -0.39 is 0 Å². The summed E-state index contributed by atoms with van der Waals surface area (Å²) in [6.07, 6.45) is 2.43. The number of anilines is 2. The largest absolute Gasteiger partial charge is 0.393 e. The zero-order chi connectivity index (χ0) is 11.5. The van der Waals surface area contributed by atoms with Gasteiger partial charge in [-0.25, -0.2) is 9.97 Å². The molecule has 6 heteroatoms. The van der Waals surface area contributed by atoms with Crippen LogP contribution < -0.4 is 10.6 Å². The standard InChI is InChI=1S/C10H15ClN4O/c1-2-7-5-16-4-3-15(7)10-8(12)9(11)13-6-14-10/h6-7H,2-5,12H2,1H3. The molecule has 1 unspecified atom stereocenters. The minimum absolute atomic E-state index is 0.307. The van der Waals surface area contributed by atoms with Crippen molar-refractivity contribution in [3.05, 3.63) is 11.5 Å². The minimum Gasteiger partial charge on any atom is -0.393 e. The molecule has 5 nitrogen and oxygen atoms in total. The summed E-state index contributed by atoms with van der Waals surface area (Å²) >= 11 is 5.89. The first-order valence-electron chi connectivity index (χ1n) is 5.34. The van der Waals surface area contributed by atoms with Crippen LogP contribution in [-0.2, 0) is 4.74 Å². The van der Waals surface area contributed by atoms with E-state index in [1.807, 2.05) is 0 Å². The SMILES string of the molecule is CCC1COCCN1c1ncnc(Cl)c1N. The molecule has 1 saturated heterocycles. The van der Waals surface area contributed by atoms with E-state index in [2.05, 4.69) is 21.8 Å². The van der Waals surface area contributed by atoms with Gasteiger partial charge in [-0.05, 0) is 6.42 Å². The number of morpholine rings is 1. The summed E-state index contributed by atoms with van der Waals surface area (Å²) in [5.74, 6) is 0.718. The van der Waals surface area contributed by atoms with Crippen LogP contribution in [0.2, 0.25) is 5.15 Å². The van der Waals surface area contributed by atoms with Crippen LogP contribution in [-0.4, -0.2) is 35.8 Å². The monoisotopic (exact) mass is 242 g/mol. The molecule has 1 aromatic rings. The third kappa shape index (κ3) is 2.05. The smallest absolute Gasteiger partial charge is 0.157 e. The molecule has 0 spiro atoms. The van der Waals surface area contributed by atoms with Gasteiger partial charge in [-0.2, -0.15) is 0 Å². The lowest BCUT2D eigenvalue weighted by Gasteiger charge is -2.36. The van der Waals surface area contributed by atoms with Crippen molar-refractivity contribution < 1.29 is 4.74 Å². The number of nitrogen functional groups attached to an aromatic ring is 1. The van der Waals surface area contributed by atoms with Crippen molar-refractivity contribution in [2.75, 3.05) is 30.4 Å². The van der Waals surface area contributed by atoms with Gasteiger partial charge in [0.1, 0.15) is 12.0 Å². The van der Waals surface area contributed by atoms with Crippen LogP contribution in [0.25, 0.3) is 0 Å². The quantitative estimate of drug-likeness (QED) is 0.793. The van der Waals surface area contributed by atoms with Crippen molar-refractivity contribution in [2.24, 2.45) is 0 Å². The number of ether oxygens (including phenoxy) is 1. The van der Waals surface area contributed by atoms with Gasteiger partial charge in [0.25, 0.3) is 0 Å². The number of hydrogen-bond acceptors (Lipinski definition) is 5. The van der Waals surface area contributed by atoms with Crippen molar-refractivity contribution in [1.82, 2.24) is 9.97 Å². The van der Waals surface area contributed by atoms with Gasteiger partial charge in [0, 0.05) is 6.54 Å². The second-order valence-corrected chi connectivity index (χ2v) is 4.09. The van der Waals surface area contributed by atoms with Crippen LogP contribution >= 0.6 is 11.6 Å². The summed E-state index contributed by atoms with van der Waals surface area (Å²) in [6.45, 7) is 4.30. The molecule has 88 valence electrons. The van der Waals surface area contributed by atoms with Gasteiger partial charge in [-0.1, -0.05) is 18.5 Å². The van der Waals surface area contributed by atoms with Crippen LogP contribution in [0.15, 0.2) is 6.33 Å². The highest BCUT2D eigenvalue weighted by Crippen LogP contribution is 2.28. The highest BCUT2D eigenvalue weighted by Gasteiger charge is 2.25. The van der Waals surface area contributed by atoms with E-state index in [0.717, 1.165) is 18.8 Å². The molecule has 1 atom stereocenters. The van der Waals surface area contributed by atoms with E-state index in [4.69, 9.17) is 22.1 Å². The zero-order valence-electron chi connectivity index (χ0n) is 9.19. The normalized spacial score (nSPS) is 21.1. The Labute approximate surface area is 99.6 Å². The molecule has 1 aliphatic heterocycles. The molecule has 1 aliphatic rings. The highest BCUT2D eigenvalue weighted by atomic mass is 35.5. The summed E-state index contributed by atoms with van der Waals surface area (Å²) < 4.78 is 5.44. The summed E-state index contributed by atoms with van der Waals surface area (Å²) in [6, 6.07) is 0.307. The van der Waals surface area contributed by atoms with Gasteiger partial charge in [0.2, 0.25) is 0 Å². The molecule has 0 saturated carbocycles. The number of rotatable bonds is 2. The Balaban J connectivity index is 2.30. The first-order valence-corrected chi connectivity index (χ1v) is 5.72. The third-order valence-corrected chi connectivity index (χ3v) is 3.09. The molecule has 1 aromatic heterocycles. The molecule has 0 radical (unpaired) electrons. The average molecular weight is 243 g/mol. The van der Waals surface area contributed by atoms with E-state index in [1.165, 1.54) is 6.33 Å². The highest BCUT2D eigenvalue weighted by molar-refractivity contribution is 6.32. The molecule has 0 amide bonds. The lowest BCUT2D eigenvalue weighted by atomic mass is 10.1. The maximum atomic E-state index is 5.89. The molecular formula is C10H15ClN4O. The van der Waals surface area contributed by atoms with Gasteiger partial charge >= 0.3 is 0 Å². The topological polar surface area (TPSA) is 64.3 Å². The fraction of sp³-hybridized carbons (Fsp3) is 0.600. The van der Waals surface area contributed by atoms with Gasteiger partial charge < -0.3 is 15.4 Å². The second kappa shape index (κ2) is 4.84. The van der Waals surface area contributed by atoms with Gasteiger partial charge in [-0.3, -0.25) is 0 Å². The summed E-state index contributed by atoms with van der Waals surface area (Å²) in [7, 11) is 0. The molecule has 2 heterocycles. The summed E-state index contributed by atoms with van der Waals surface area (Å²) in [5.41, 5.74) is 6.34. The summed E-state index contributed by atoms with van der Waals surface area (Å²) in [4.78, 5) is 10.2. The van der Waals surface area contributed by atoms with Crippen LogP contribution in [0.3, 0.4) is 0 Å². The molecule has 16 heavy (non-hydrogen) atoms. The lowest BCUT2D eigenvalue weighted by molar-refractivity contribution is 0.0926. The average Bonchev–Trinajstić information content (AvgIpc) is 2.33. The Morgan fingerprint density at radius 3 is 3.19 bits per heavy atom. The minimum atomic E-state index is 0.307. The van der Waals surface area contributed by atoms with Crippen LogP contribution in [0.5, 0.6) is 0 Å². The maximum absolute atomic E-state index is 5.89. The van der Waals surface area contributed by atoms with Gasteiger partial charge in [0.05, 0.1) is 19.3 Å². The fourth-order valence-electron chi connectivity index (χ4n) is 1.87. The van der Waals surface area contributed by atoms with Crippen LogP contribution in [0.4, 0.5) is 11.5 Å². The van der Waals surface area contributed by atoms with E-state index in [9.17, 15) is 0 Å². The second-order valence-electron chi connectivity index (χ2n) is 3.73. The predicted molar refractivity (Wildman–Crippen MR) is 63.7 cm³/mol. The number of halogens is 1. The lowest BCUT2D eigenvalue weighted by Crippen LogP contribution is -2.46. The number of hydrogen-bond donors (Lipinski definition) is 1. The van der Waals surface area contributed by atoms with Crippen molar-refractivity contribution in [1.29, 1.82) is 0 Å². The molecule has 0 aliphatic carbocycles.